The lowest BCUT2D eigenvalue weighted by atomic mass is 10.2. The molecule has 7 heteroatoms. The molecule has 5 nitrogen and oxygen atoms in total. The van der Waals surface area contributed by atoms with Crippen molar-refractivity contribution in [3.05, 3.63) is 0 Å². The van der Waals surface area contributed by atoms with Crippen LogP contribution in [0.2, 0.25) is 0 Å². The Bertz CT molecular complexity index is 249. The minimum atomic E-state index is 0. The van der Waals surface area contributed by atoms with Crippen LogP contribution in [0.1, 0.15) is 20.3 Å². The van der Waals surface area contributed by atoms with Crippen molar-refractivity contribution in [2.45, 2.75) is 26.3 Å². The normalized spacial score (nSPS) is 17.8. The Hall–Kier alpha value is -0.0700. The molecule has 0 aromatic carbocycles. The average Bonchev–Trinajstić information content (AvgIpc) is 2.42. The van der Waals surface area contributed by atoms with Crippen LogP contribution in [0, 0.1) is 0 Å². The van der Waals surface area contributed by atoms with E-state index in [0.29, 0.717) is 19.0 Å². The zero-order chi connectivity index (χ0) is 13.4. The number of hydrogen-bond acceptors (Lipinski definition) is 4. The van der Waals surface area contributed by atoms with Gasteiger partial charge in [-0.25, -0.2) is 0 Å². The Morgan fingerprint density at radius 2 is 1.70 bits per heavy atom. The first-order valence-corrected chi connectivity index (χ1v) is 7.04. The Morgan fingerprint density at radius 3 is 2.20 bits per heavy atom. The van der Waals surface area contributed by atoms with E-state index in [1.54, 1.807) is 0 Å². The molecule has 1 saturated heterocycles. The maximum Gasteiger partial charge on any atom is 0.221 e. The first-order valence-electron chi connectivity index (χ1n) is 7.04. The fourth-order valence-corrected chi connectivity index (χ4v) is 2.05. The van der Waals surface area contributed by atoms with Gasteiger partial charge in [0.15, 0.2) is 0 Å². The first kappa shape index (κ1) is 22.2. The van der Waals surface area contributed by atoms with Crippen LogP contribution in [-0.2, 0) is 4.79 Å². The Labute approximate surface area is 135 Å². The van der Waals surface area contributed by atoms with E-state index in [1.165, 1.54) is 0 Å². The number of likely N-dealkylation sites (N-methyl/N-ethyl adjacent to an activating group) is 2. The van der Waals surface area contributed by atoms with E-state index in [4.69, 9.17) is 0 Å². The summed E-state index contributed by atoms with van der Waals surface area (Å²) < 4.78 is 0. The Balaban J connectivity index is 0. The summed E-state index contributed by atoms with van der Waals surface area (Å²) in [5.41, 5.74) is 0. The molecule has 0 bridgehead atoms. The molecule has 0 saturated carbocycles. The Kier molecular flexibility index (Phi) is 14.1. The smallest absolute Gasteiger partial charge is 0.221 e. The van der Waals surface area contributed by atoms with Crippen molar-refractivity contribution in [3.8, 4) is 0 Å². The predicted octanol–water partition coefficient (Wildman–Crippen LogP) is 0.582. The zero-order valence-corrected chi connectivity index (χ0v) is 14.5. The molecule has 122 valence electrons. The molecule has 1 aliphatic heterocycles. The van der Waals surface area contributed by atoms with Gasteiger partial charge in [-0.2, -0.15) is 0 Å². The second kappa shape index (κ2) is 12.7. The SMILES string of the molecule is CCN1CCN(CCC(=O)NCC(C)NC)CC1.Cl.Cl. The largest absolute Gasteiger partial charge is 0.355 e. The van der Waals surface area contributed by atoms with Gasteiger partial charge < -0.3 is 20.4 Å². The lowest BCUT2D eigenvalue weighted by molar-refractivity contribution is -0.121. The number of halogens is 2. The van der Waals surface area contributed by atoms with Crippen LogP contribution in [-0.4, -0.2) is 74.6 Å². The van der Waals surface area contributed by atoms with Crippen molar-refractivity contribution in [3.63, 3.8) is 0 Å². The van der Waals surface area contributed by atoms with Gasteiger partial charge in [0.05, 0.1) is 0 Å². The summed E-state index contributed by atoms with van der Waals surface area (Å²) in [6, 6.07) is 0.335. The monoisotopic (exact) mass is 328 g/mol. The third kappa shape index (κ3) is 8.97. The van der Waals surface area contributed by atoms with E-state index in [0.717, 1.165) is 39.3 Å². The molecule has 1 unspecified atom stereocenters. The molecule has 1 amide bonds. The summed E-state index contributed by atoms with van der Waals surface area (Å²) in [6.07, 6.45) is 0.614. The van der Waals surface area contributed by atoms with Crippen LogP contribution < -0.4 is 10.6 Å². The molecule has 1 fully saturated rings. The molecule has 0 aromatic heterocycles. The first-order chi connectivity index (χ1) is 8.65. The van der Waals surface area contributed by atoms with Gasteiger partial charge in [-0.1, -0.05) is 6.92 Å². The van der Waals surface area contributed by atoms with Gasteiger partial charge >= 0.3 is 0 Å². The molecule has 0 aliphatic carbocycles. The molecular formula is C13H30Cl2N4O. The molecule has 20 heavy (non-hydrogen) atoms. The number of amides is 1. The highest BCUT2D eigenvalue weighted by Gasteiger charge is 2.15. The topological polar surface area (TPSA) is 47.6 Å². The number of hydrogen-bond donors (Lipinski definition) is 2. The van der Waals surface area contributed by atoms with Crippen molar-refractivity contribution in [2.75, 3.05) is 52.9 Å². The van der Waals surface area contributed by atoms with Crippen molar-refractivity contribution in [1.29, 1.82) is 0 Å². The number of nitrogens with zero attached hydrogens (tertiary/aromatic N) is 2. The molecule has 0 aromatic rings. The minimum absolute atomic E-state index is 0. The highest BCUT2D eigenvalue weighted by Crippen LogP contribution is 2.01. The fourth-order valence-electron chi connectivity index (χ4n) is 2.05. The lowest BCUT2D eigenvalue weighted by Crippen LogP contribution is -2.47. The summed E-state index contributed by atoms with van der Waals surface area (Å²) in [7, 11) is 1.91. The zero-order valence-electron chi connectivity index (χ0n) is 12.9. The average molecular weight is 329 g/mol. The van der Waals surface area contributed by atoms with Crippen LogP contribution in [0.4, 0.5) is 0 Å². The van der Waals surface area contributed by atoms with Gasteiger partial charge in [-0.3, -0.25) is 4.79 Å². The predicted molar refractivity (Wildman–Crippen MR) is 89.2 cm³/mol. The van der Waals surface area contributed by atoms with Gasteiger partial charge in [0.2, 0.25) is 5.91 Å². The van der Waals surface area contributed by atoms with Crippen LogP contribution in [0.5, 0.6) is 0 Å². The third-order valence-electron chi connectivity index (χ3n) is 3.67. The summed E-state index contributed by atoms with van der Waals surface area (Å²) in [5.74, 6) is 0.162. The van der Waals surface area contributed by atoms with Crippen LogP contribution in [0.25, 0.3) is 0 Å². The maximum atomic E-state index is 11.7. The van der Waals surface area contributed by atoms with Gasteiger partial charge in [-0.15, -0.1) is 24.8 Å². The molecular weight excluding hydrogens is 299 g/mol. The molecule has 2 N–H and O–H groups in total. The van der Waals surface area contributed by atoms with E-state index in [9.17, 15) is 4.79 Å². The van der Waals surface area contributed by atoms with Crippen LogP contribution in [0.3, 0.4) is 0 Å². The summed E-state index contributed by atoms with van der Waals surface area (Å²) >= 11 is 0. The van der Waals surface area contributed by atoms with Crippen molar-refractivity contribution in [2.24, 2.45) is 0 Å². The second-order valence-electron chi connectivity index (χ2n) is 5.02. The van der Waals surface area contributed by atoms with E-state index in [1.807, 2.05) is 7.05 Å². The van der Waals surface area contributed by atoms with Crippen molar-refractivity contribution >= 4 is 30.7 Å². The lowest BCUT2D eigenvalue weighted by Gasteiger charge is -2.33. The standard InChI is InChI=1S/C13H28N4O.2ClH/c1-4-16-7-9-17(10-8-16)6-5-13(18)15-11-12(2)14-3;;/h12,14H,4-11H2,1-3H3,(H,15,18);2*1H. The van der Waals surface area contributed by atoms with Gasteiger partial charge in [0.25, 0.3) is 0 Å². The van der Waals surface area contributed by atoms with Gasteiger partial charge in [0.1, 0.15) is 0 Å². The molecule has 1 atom stereocenters. The van der Waals surface area contributed by atoms with Crippen LogP contribution in [0.15, 0.2) is 0 Å². The van der Waals surface area contributed by atoms with Gasteiger partial charge in [0, 0.05) is 51.7 Å². The number of piperazine rings is 1. The van der Waals surface area contributed by atoms with Gasteiger partial charge in [-0.05, 0) is 20.5 Å². The van der Waals surface area contributed by atoms with E-state index >= 15 is 0 Å². The third-order valence-corrected chi connectivity index (χ3v) is 3.67. The van der Waals surface area contributed by atoms with Crippen molar-refractivity contribution in [1.82, 2.24) is 20.4 Å². The van der Waals surface area contributed by atoms with E-state index in [2.05, 4.69) is 34.3 Å². The van der Waals surface area contributed by atoms with Crippen LogP contribution >= 0.6 is 24.8 Å². The molecule has 1 rings (SSSR count). The quantitative estimate of drug-likeness (QED) is 0.717. The number of rotatable bonds is 7. The summed E-state index contributed by atoms with van der Waals surface area (Å²) in [6.45, 7) is 11.4. The van der Waals surface area contributed by atoms with E-state index < -0.39 is 0 Å². The highest BCUT2D eigenvalue weighted by molar-refractivity contribution is 5.85. The molecule has 0 radical (unpaired) electrons. The second-order valence-corrected chi connectivity index (χ2v) is 5.02. The molecule has 1 aliphatic rings. The van der Waals surface area contributed by atoms with E-state index in [-0.39, 0.29) is 30.7 Å². The Morgan fingerprint density at radius 1 is 1.15 bits per heavy atom. The fraction of sp³-hybridized carbons (Fsp3) is 0.923. The minimum Gasteiger partial charge on any atom is -0.355 e. The maximum absolute atomic E-state index is 11.7. The van der Waals surface area contributed by atoms with Crippen molar-refractivity contribution < 1.29 is 4.79 Å². The number of nitrogens with one attached hydrogen (secondary N) is 2. The summed E-state index contributed by atoms with van der Waals surface area (Å²) in [5, 5.41) is 6.06. The molecule has 0 spiro atoms. The summed E-state index contributed by atoms with van der Waals surface area (Å²) in [4.78, 5) is 16.5. The molecule has 1 heterocycles. The number of carbonyl (C=O) groups is 1. The highest BCUT2D eigenvalue weighted by atomic mass is 35.5. The number of carbonyl (C=O) groups excluding carboxylic acids is 1.